The Morgan fingerprint density at radius 1 is 1.27 bits per heavy atom. The van der Waals surface area contributed by atoms with Gasteiger partial charge < -0.3 is 9.64 Å². The quantitative estimate of drug-likeness (QED) is 0.857. The Morgan fingerprint density at radius 2 is 2.09 bits per heavy atom. The lowest BCUT2D eigenvalue weighted by Gasteiger charge is -2.30. The number of rotatable bonds is 3. The van der Waals surface area contributed by atoms with Crippen molar-refractivity contribution in [2.45, 2.75) is 32.4 Å². The summed E-state index contributed by atoms with van der Waals surface area (Å²) in [7, 11) is 0. The molecular formula is C18H26N2O2. The first-order valence-corrected chi connectivity index (χ1v) is 8.38. The minimum atomic E-state index is 0.0862. The summed E-state index contributed by atoms with van der Waals surface area (Å²) in [6, 6.07) is 10.9. The lowest BCUT2D eigenvalue weighted by Crippen LogP contribution is -2.45. The Balaban J connectivity index is 1.60. The highest BCUT2D eigenvalue weighted by atomic mass is 16.5. The van der Waals surface area contributed by atoms with E-state index in [1.807, 2.05) is 0 Å². The zero-order chi connectivity index (χ0) is 15.4. The van der Waals surface area contributed by atoms with E-state index >= 15 is 0 Å². The maximum absolute atomic E-state index is 12.7. The van der Waals surface area contributed by atoms with E-state index in [1.165, 1.54) is 5.56 Å². The molecule has 2 unspecified atom stereocenters. The Bertz CT molecular complexity index is 485. The Morgan fingerprint density at radius 3 is 2.82 bits per heavy atom. The van der Waals surface area contributed by atoms with Crippen LogP contribution in [0.1, 0.15) is 25.3 Å². The standard InChI is InChI=1S/C18H26N2O2/c1-15-12-19(13-16-6-3-2-4-7-16)9-5-10-20(15)18(21)17-8-11-22-14-17/h2-4,6-7,15,17H,5,8-14H2,1H3. The van der Waals surface area contributed by atoms with Crippen LogP contribution in [0.15, 0.2) is 30.3 Å². The molecule has 2 saturated heterocycles. The molecule has 0 bridgehead atoms. The van der Waals surface area contributed by atoms with Crippen molar-refractivity contribution in [2.24, 2.45) is 5.92 Å². The smallest absolute Gasteiger partial charge is 0.228 e. The van der Waals surface area contributed by atoms with Crippen LogP contribution >= 0.6 is 0 Å². The van der Waals surface area contributed by atoms with Gasteiger partial charge in [-0.05, 0) is 25.3 Å². The summed E-state index contributed by atoms with van der Waals surface area (Å²) in [5, 5.41) is 0. The number of hydrogen-bond donors (Lipinski definition) is 0. The van der Waals surface area contributed by atoms with Gasteiger partial charge in [0.2, 0.25) is 5.91 Å². The van der Waals surface area contributed by atoms with Gasteiger partial charge in [0.25, 0.3) is 0 Å². The molecule has 1 amide bonds. The highest BCUT2D eigenvalue weighted by Gasteiger charge is 2.32. The highest BCUT2D eigenvalue weighted by Crippen LogP contribution is 2.20. The molecule has 2 fully saturated rings. The van der Waals surface area contributed by atoms with E-state index in [1.54, 1.807) is 0 Å². The summed E-state index contributed by atoms with van der Waals surface area (Å²) in [5.41, 5.74) is 1.35. The first-order chi connectivity index (χ1) is 10.7. The minimum absolute atomic E-state index is 0.0862. The van der Waals surface area contributed by atoms with Crippen LogP contribution in [0.3, 0.4) is 0 Å². The number of nitrogens with zero attached hydrogens (tertiary/aromatic N) is 2. The number of hydrogen-bond acceptors (Lipinski definition) is 3. The summed E-state index contributed by atoms with van der Waals surface area (Å²) in [6.45, 7) is 7.38. The minimum Gasteiger partial charge on any atom is -0.381 e. The molecule has 22 heavy (non-hydrogen) atoms. The molecule has 1 aromatic carbocycles. The molecule has 120 valence electrons. The monoisotopic (exact) mass is 302 g/mol. The summed E-state index contributed by atoms with van der Waals surface area (Å²) in [4.78, 5) is 17.2. The summed E-state index contributed by atoms with van der Waals surface area (Å²) < 4.78 is 5.38. The largest absolute Gasteiger partial charge is 0.381 e. The van der Waals surface area contributed by atoms with Gasteiger partial charge in [-0.15, -0.1) is 0 Å². The van der Waals surface area contributed by atoms with E-state index in [-0.39, 0.29) is 12.0 Å². The number of benzene rings is 1. The number of carbonyl (C=O) groups is 1. The second kappa shape index (κ2) is 7.25. The van der Waals surface area contributed by atoms with Crippen LogP contribution in [0.25, 0.3) is 0 Å². The maximum Gasteiger partial charge on any atom is 0.228 e. The molecule has 3 rings (SSSR count). The van der Waals surface area contributed by atoms with Gasteiger partial charge in [-0.1, -0.05) is 30.3 Å². The molecule has 2 aliphatic rings. The molecule has 2 atom stereocenters. The number of carbonyl (C=O) groups excluding carboxylic acids is 1. The zero-order valence-electron chi connectivity index (χ0n) is 13.4. The SMILES string of the molecule is CC1CN(Cc2ccccc2)CCCN1C(=O)C1CCOC1. The van der Waals surface area contributed by atoms with Crippen LogP contribution in [0.4, 0.5) is 0 Å². The maximum atomic E-state index is 12.7. The second-order valence-corrected chi connectivity index (χ2v) is 6.52. The van der Waals surface area contributed by atoms with Crippen LogP contribution in [0.5, 0.6) is 0 Å². The third-order valence-corrected chi connectivity index (χ3v) is 4.74. The van der Waals surface area contributed by atoms with E-state index in [9.17, 15) is 4.79 Å². The first-order valence-electron chi connectivity index (χ1n) is 8.38. The molecular weight excluding hydrogens is 276 g/mol. The summed E-state index contributed by atoms with van der Waals surface area (Å²) in [5.74, 6) is 0.384. The molecule has 0 radical (unpaired) electrons. The van der Waals surface area contributed by atoms with E-state index in [2.05, 4.69) is 47.1 Å². The van der Waals surface area contributed by atoms with Gasteiger partial charge in [0.1, 0.15) is 0 Å². The van der Waals surface area contributed by atoms with Gasteiger partial charge in [0, 0.05) is 38.8 Å². The zero-order valence-corrected chi connectivity index (χ0v) is 13.4. The number of ether oxygens (including phenoxy) is 1. The van der Waals surface area contributed by atoms with Crippen molar-refractivity contribution >= 4 is 5.91 Å². The van der Waals surface area contributed by atoms with Gasteiger partial charge in [-0.25, -0.2) is 0 Å². The van der Waals surface area contributed by atoms with E-state index in [0.29, 0.717) is 12.5 Å². The van der Waals surface area contributed by atoms with Gasteiger partial charge in [0.15, 0.2) is 0 Å². The van der Waals surface area contributed by atoms with Crippen molar-refractivity contribution in [2.75, 3.05) is 32.8 Å². The second-order valence-electron chi connectivity index (χ2n) is 6.52. The third-order valence-electron chi connectivity index (χ3n) is 4.74. The van der Waals surface area contributed by atoms with Gasteiger partial charge in [-0.3, -0.25) is 9.69 Å². The Labute approximate surface area is 133 Å². The van der Waals surface area contributed by atoms with E-state index in [4.69, 9.17) is 4.74 Å². The molecule has 0 aromatic heterocycles. The fraction of sp³-hybridized carbons (Fsp3) is 0.611. The van der Waals surface area contributed by atoms with Gasteiger partial charge in [-0.2, -0.15) is 0 Å². The Hall–Kier alpha value is -1.39. The summed E-state index contributed by atoms with van der Waals surface area (Å²) in [6.07, 6.45) is 1.94. The summed E-state index contributed by atoms with van der Waals surface area (Å²) >= 11 is 0. The molecule has 2 heterocycles. The molecule has 0 aliphatic carbocycles. The van der Waals surface area contributed by atoms with Crippen molar-refractivity contribution in [1.29, 1.82) is 0 Å². The molecule has 4 heteroatoms. The first kappa shape index (κ1) is 15.5. The number of amides is 1. The van der Waals surface area contributed by atoms with Crippen molar-refractivity contribution < 1.29 is 9.53 Å². The average Bonchev–Trinajstić information content (AvgIpc) is 3.00. The van der Waals surface area contributed by atoms with Gasteiger partial charge in [0.05, 0.1) is 12.5 Å². The van der Waals surface area contributed by atoms with Crippen molar-refractivity contribution in [3.63, 3.8) is 0 Å². The Kier molecular flexibility index (Phi) is 5.11. The van der Waals surface area contributed by atoms with Gasteiger partial charge >= 0.3 is 0 Å². The van der Waals surface area contributed by atoms with Crippen molar-refractivity contribution in [1.82, 2.24) is 9.80 Å². The van der Waals surface area contributed by atoms with Crippen LogP contribution in [0.2, 0.25) is 0 Å². The van der Waals surface area contributed by atoms with Crippen molar-refractivity contribution in [3.8, 4) is 0 Å². The highest BCUT2D eigenvalue weighted by molar-refractivity contribution is 5.79. The van der Waals surface area contributed by atoms with Crippen LogP contribution < -0.4 is 0 Å². The predicted molar refractivity (Wildman–Crippen MR) is 86.4 cm³/mol. The molecule has 0 spiro atoms. The van der Waals surface area contributed by atoms with Crippen LogP contribution in [0, 0.1) is 5.92 Å². The lowest BCUT2D eigenvalue weighted by atomic mass is 10.1. The lowest BCUT2D eigenvalue weighted by molar-refractivity contribution is -0.137. The fourth-order valence-electron chi connectivity index (χ4n) is 3.52. The third kappa shape index (κ3) is 3.68. The average molecular weight is 302 g/mol. The topological polar surface area (TPSA) is 32.8 Å². The fourth-order valence-corrected chi connectivity index (χ4v) is 3.52. The predicted octanol–water partition coefficient (Wildman–Crippen LogP) is 2.15. The van der Waals surface area contributed by atoms with E-state index < -0.39 is 0 Å². The van der Waals surface area contributed by atoms with Crippen molar-refractivity contribution in [3.05, 3.63) is 35.9 Å². The molecule has 0 saturated carbocycles. The normalized spacial score (nSPS) is 26.9. The van der Waals surface area contributed by atoms with E-state index in [0.717, 1.165) is 45.6 Å². The van der Waals surface area contributed by atoms with Crippen LogP contribution in [-0.4, -0.2) is 54.6 Å². The molecule has 0 N–H and O–H groups in total. The molecule has 1 aromatic rings. The molecule has 2 aliphatic heterocycles. The molecule has 4 nitrogen and oxygen atoms in total. The van der Waals surface area contributed by atoms with Crippen LogP contribution in [-0.2, 0) is 16.1 Å².